The second-order valence-electron chi connectivity index (χ2n) is 14.9. The lowest BCUT2D eigenvalue weighted by molar-refractivity contribution is -0.873. The second kappa shape index (κ2) is 36.1. The predicted octanol–water partition coefficient (Wildman–Crippen LogP) is 6.89. The van der Waals surface area contributed by atoms with Gasteiger partial charge in [-0.2, -0.15) is 0 Å². The number of halogens is 1. The zero-order valence-electron chi connectivity index (χ0n) is 34.7. The van der Waals surface area contributed by atoms with Crippen LogP contribution in [-0.2, 0) is 35.0 Å². The van der Waals surface area contributed by atoms with Crippen LogP contribution in [0, 0.1) is 0 Å². The van der Waals surface area contributed by atoms with Crippen molar-refractivity contribution in [1.82, 2.24) is 0 Å². The molecule has 0 aliphatic heterocycles. The topological polar surface area (TPSA) is 99.1 Å². The fraction of sp³-hybridized carbons (Fsp3) is 0.659. The molecule has 0 saturated carbocycles. The number of benzene rings is 1. The van der Waals surface area contributed by atoms with Gasteiger partial charge in [0.15, 0.2) is 0 Å². The molecule has 0 spiro atoms. The van der Waals surface area contributed by atoms with E-state index in [2.05, 4.69) is 26.7 Å². The van der Waals surface area contributed by atoms with Gasteiger partial charge < -0.3 is 36.2 Å². The molecule has 1 N–H and O–H groups in total. The fourth-order valence-electron chi connectivity index (χ4n) is 4.95. The SMILES string of the molecule is C=C(C)C(=O)OCC(O)C[N+](C)(C)C.C=C(C)C(=O)OCCCCCCCCCCCCCCCCCC.C=C(C)C(=O)OCCc1ccccc1.[Cl-]. The Labute approximate surface area is 330 Å². The van der Waals surface area contributed by atoms with Gasteiger partial charge in [-0.05, 0) is 32.8 Å². The van der Waals surface area contributed by atoms with Gasteiger partial charge in [0.2, 0.25) is 0 Å². The van der Waals surface area contributed by atoms with Crippen LogP contribution in [0.2, 0.25) is 0 Å². The molecule has 0 radical (unpaired) electrons. The Kier molecular flexibility index (Phi) is 37.0. The van der Waals surface area contributed by atoms with E-state index in [1.807, 2.05) is 51.5 Å². The Morgan fingerprint density at radius 2 is 0.962 bits per heavy atom. The lowest BCUT2D eigenvalue weighted by Gasteiger charge is -2.26. The number of rotatable bonds is 27. The van der Waals surface area contributed by atoms with E-state index in [9.17, 15) is 19.5 Å². The third-order valence-electron chi connectivity index (χ3n) is 7.91. The van der Waals surface area contributed by atoms with E-state index >= 15 is 0 Å². The highest BCUT2D eigenvalue weighted by Gasteiger charge is 2.17. The molecule has 0 bridgehead atoms. The lowest BCUT2D eigenvalue weighted by Crippen LogP contribution is -3.00. The molecule has 1 atom stereocenters. The minimum atomic E-state index is -0.627. The molecule has 53 heavy (non-hydrogen) atoms. The quantitative estimate of drug-likeness (QED) is 0.0343. The van der Waals surface area contributed by atoms with Crippen LogP contribution >= 0.6 is 0 Å². The van der Waals surface area contributed by atoms with Crippen LogP contribution in [0.25, 0.3) is 0 Å². The lowest BCUT2D eigenvalue weighted by atomic mass is 10.0. The van der Waals surface area contributed by atoms with Crippen LogP contribution in [0.3, 0.4) is 0 Å². The molecule has 1 aromatic carbocycles. The number of ether oxygens (including phenoxy) is 3. The first kappa shape index (κ1) is 54.4. The summed E-state index contributed by atoms with van der Waals surface area (Å²) in [5.41, 5.74) is 2.45. The van der Waals surface area contributed by atoms with Gasteiger partial charge in [-0.15, -0.1) is 0 Å². The number of aliphatic hydroxyl groups is 1. The summed E-state index contributed by atoms with van der Waals surface area (Å²) in [6, 6.07) is 9.92. The van der Waals surface area contributed by atoms with E-state index in [0.717, 1.165) is 12.8 Å². The molecule has 0 saturated heterocycles. The molecule has 1 unspecified atom stereocenters. The van der Waals surface area contributed by atoms with Crippen molar-refractivity contribution >= 4 is 17.9 Å². The molecule has 8 nitrogen and oxygen atoms in total. The average molecular weight is 767 g/mol. The Hall–Kier alpha value is -2.94. The molecule has 1 aromatic rings. The smallest absolute Gasteiger partial charge is 0.333 e. The summed E-state index contributed by atoms with van der Waals surface area (Å²) in [5, 5.41) is 9.49. The summed E-state index contributed by atoms with van der Waals surface area (Å²) in [6.07, 6.45) is 21.9. The number of hydrogen-bond acceptors (Lipinski definition) is 7. The van der Waals surface area contributed by atoms with E-state index in [4.69, 9.17) is 14.2 Å². The third kappa shape index (κ3) is 40.1. The van der Waals surface area contributed by atoms with Gasteiger partial charge in [-0.25, -0.2) is 14.4 Å². The largest absolute Gasteiger partial charge is 1.00 e. The molecule has 0 fully saturated rings. The number of likely N-dealkylation sites (N-methyl/N-ethyl adjacent to an activating group) is 1. The van der Waals surface area contributed by atoms with Crippen molar-refractivity contribution in [3.8, 4) is 0 Å². The highest BCUT2D eigenvalue weighted by Crippen LogP contribution is 2.14. The Balaban J connectivity index is -0.000000743. The van der Waals surface area contributed by atoms with Gasteiger partial charge in [-0.1, -0.05) is 153 Å². The Morgan fingerprint density at radius 3 is 1.34 bits per heavy atom. The van der Waals surface area contributed by atoms with Gasteiger partial charge in [0, 0.05) is 23.1 Å². The number of hydrogen-bond donors (Lipinski definition) is 1. The summed E-state index contributed by atoms with van der Waals surface area (Å²) < 4.78 is 15.5. The van der Waals surface area contributed by atoms with Crippen molar-refractivity contribution in [2.24, 2.45) is 0 Å². The number of quaternary nitrogens is 1. The summed E-state index contributed by atoms with van der Waals surface area (Å²) in [5.74, 6) is -1.03. The third-order valence-corrected chi connectivity index (χ3v) is 7.91. The van der Waals surface area contributed by atoms with Crippen LogP contribution in [-0.4, -0.2) is 81.1 Å². The minimum Gasteiger partial charge on any atom is -1.00 e. The molecule has 9 heteroatoms. The maximum absolute atomic E-state index is 11.2. The number of carbonyl (C=O) groups is 3. The molecular formula is C44H76ClNO7. The summed E-state index contributed by atoms with van der Waals surface area (Å²) >= 11 is 0. The highest BCUT2D eigenvalue weighted by atomic mass is 35.5. The fourth-order valence-corrected chi connectivity index (χ4v) is 4.95. The van der Waals surface area contributed by atoms with Gasteiger partial charge in [0.25, 0.3) is 0 Å². The van der Waals surface area contributed by atoms with Crippen LogP contribution in [0.1, 0.15) is 136 Å². The maximum atomic E-state index is 11.2. The summed E-state index contributed by atoms with van der Waals surface area (Å²) in [6.45, 7) is 19.3. The van der Waals surface area contributed by atoms with Gasteiger partial charge in [0.1, 0.15) is 19.3 Å². The van der Waals surface area contributed by atoms with Crippen LogP contribution in [0.5, 0.6) is 0 Å². The van der Waals surface area contributed by atoms with Gasteiger partial charge >= 0.3 is 17.9 Å². The zero-order valence-corrected chi connectivity index (χ0v) is 35.4. The number of unbranched alkanes of at least 4 members (excludes halogenated alkanes) is 15. The first-order valence-electron chi connectivity index (χ1n) is 19.6. The first-order chi connectivity index (χ1) is 24.6. The normalized spacial score (nSPS) is 10.9. The molecule has 0 aromatic heterocycles. The predicted molar refractivity (Wildman–Crippen MR) is 216 cm³/mol. The minimum absolute atomic E-state index is 0. The molecular weight excluding hydrogens is 690 g/mol. The van der Waals surface area contributed by atoms with Crippen molar-refractivity contribution in [1.29, 1.82) is 0 Å². The maximum Gasteiger partial charge on any atom is 0.333 e. The number of carbonyl (C=O) groups excluding carboxylic acids is 3. The number of esters is 3. The number of aliphatic hydroxyl groups excluding tert-OH is 1. The molecule has 0 heterocycles. The number of nitrogens with zero attached hydrogens (tertiary/aromatic N) is 1. The van der Waals surface area contributed by atoms with Crippen molar-refractivity contribution < 1.29 is 50.6 Å². The van der Waals surface area contributed by atoms with E-state index in [1.165, 1.54) is 102 Å². The Morgan fingerprint density at radius 1 is 0.604 bits per heavy atom. The molecule has 306 valence electrons. The van der Waals surface area contributed by atoms with Gasteiger partial charge in [-0.3, -0.25) is 0 Å². The van der Waals surface area contributed by atoms with E-state index in [0.29, 0.717) is 41.0 Å². The molecule has 0 aliphatic rings. The van der Waals surface area contributed by atoms with Crippen molar-refractivity contribution in [2.75, 3.05) is 47.5 Å². The zero-order chi connectivity index (χ0) is 39.6. The van der Waals surface area contributed by atoms with Crippen molar-refractivity contribution in [3.63, 3.8) is 0 Å². The monoisotopic (exact) mass is 766 g/mol. The van der Waals surface area contributed by atoms with Crippen molar-refractivity contribution in [2.45, 2.75) is 143 Å². The standard InChI is InChI=1S/C22H42O2.C12H14O2.C10H20NO3.ClH/c1-4-5-6-7-8-9-10-11-12-13-14-15-16-17-18-19-20-24-22(23)21(2)3;1-10(2)12(13)14-9-8-11-6-4-3-5-7-11;1-8(2)10(13)14-7-9(12)6-11(3,4)5;/h2,4-20H2,1,3H3;3-7H,1,8-9H2,2H3;9,12H,1,6-7H2,2-5H3;1H/q;;+1;/p-1. The second-order valence-corrected chi connectivity index (χ2v) is 14.9. The van der Waals surface area contributed by atoms with Crippen LogP contribution in [0.15, 0.2) is 66.8 Å². The van der Waals surface area contributed by atoms with E-state index in [-0.39, 0.29) is 31.0 Å². The van der Waals surface area contributed by atoms with Crippen LogP contribution < -0.4 is 12.4 Å². The average Bonchev–Trinajstić information content (AvgIpc) is 3.08. The highest BCUT2D eigenvalue weighted by molar-refractivity contribution is 5.87. The van der Waals surface area contributed by atoms with Crippen molar-refractivity contribution in [3.05, 3.63) is 72.4 Å². The summed E-state index contributed by atoms with van der Waals surface area (Å²) in [4.78, 5) is 33.2. The summed E-state index contributed by atoms with van der Waals surface area (Å²) in [7, 11) is 5.89. The van der Waals surface area contributed by atoms with E-state index in [1.54, 1.807) is 20.8 Å². The Bertz CT molecular complexity index is 1110. The van der Waals surface area contributed by atoms with Crippen LogP contribution in [0.4, 0.5) is 0 Å². The molecule has 0 amide bonds. The first-order valence-corrected chi connectivity index (χ1v) is 19.6. The molecule has 0 aliphatic carbocycles. The van der Waals surface area contributed by atoms with E-state index < -0.39 is 12.1 Å². The van der Waals surface area contributed by atoms with Gasteiger partial charge in [0.05, 0.1) is 34.4 Å². The molecule has 1 rings (SSSR count).